The van der Waals surface area contributed by atoms with Gasteiger partial charge in [0, 0.05) is 13.2 Å². The van der Waals surface area contributed by atoms with Crippen LogP contribution in [0.15, 0.2) is 0 Å². The molecule has 0 heterocycles. The fourth-order valence-electron chi connectivity index (χ4n) is 2.30. The van der Waals surface area contributed by atoms with Crippen LogP contribution >= 0.6 is 0 Å². The minimum atomic E-state index is 0.523. The Kier molecular flexibility index (Phi) is 12.9. The maximum atomic E-state index is 5.62. The Bertz CT molecular complexity index is 169. The number of hydrogen-bond donors (Lipinski definition) is 0. The van der Waals surface area contributed by atoms with E-state index < -0.39 is 0 Å². The van der Waals surface area contributed by atoms with Crippen LogP contribution in [0.4, 0.5) is 0 Å². The quantitative estimate of drug-likeness (QED) is 0.354. The molecule has 0 aliphatic carbocycles. The maximum Gasteiger partial charge on any atom is 0.0466 e. The van der Waals surface area contributed by atoms with E-state index in [1.54, 1.807) is 0 Å². The second kappa shape index (κ2) is 13.0. The van der Waals surface area contributed by atoms with Gasteiger partial charge >= 0.3 is 0 Å². The zero-order valence-electron chi connectivity index (χ0n) is 14.1. The van der Waals surface area contributed by atoms with Gasteiger partial charge in [-0.15, -0.1) is 0 Å². The number of hydrogen-bond acceptors (Lipinski definition) is 1. The summed E-state index contributed by atoms with van der Waals surface area (Å²) in [4.78, 5) is 0. The average molecular weight is 271 g/mol. The second-order valence-corrected chi connectivity index (χ2v) is 7.11. The lowest BCUT2D eigenvalue weighted by Crippen LogP contribution is -2.03. The molecule has 19 heavy (non-hydrogen) atoms. The predicted molar refractivity (Wildman–Crippen MR) is 86.7 cm³/mol. The molecular weight excluding hydrogens is 232 g/mol. The van der Waals surface area contributed by atoms with E-state index in [2.05, 4.69) is 27.7 Å². The first-order valence-electron chi connectivity index (χ1n) is 8.64. The van der Waals surface area contributed by atoms with Crippen molar-refractivity contribution in [3.8, 4) is 0 Å². The molecule has 0 aliphatic heterocycles. The minimum Gasteiger partial charge on any atom is -0.381 e. The van der Waals surface area contributed by atoms with Crippen LogP contribution < -0.4 is 0 Å². The molecule has 0 aromatic heterocycles. The van der Waals surface area contributed by atoms with E-state index in [1.807, 2.05) is 0 Å². The standard InChI is InChI=1S/C18H38O/c1-5-6-13-16-19-17-14-11-9-7-8-10-12-15-18(2,3)4/h5-17H2,1-4H3. The van der Waals surface area contributed by atoms with Gasteiger partial charge in [0.2, 0.25) is 0 Å². The summed E-state index contributed by atoms with van der Waals surface area (Å²) in [5, 5.41) is 0. The summed E-state index contributed by atoms with van der Waals surface area (Å²) < 4.78 is 5.62. The SMILES string of the molecule is CCCCCOCCCCCCCCCC(C)(C)C. The van der Waals surface area contributed by atoms with Crippen molar-refractivity contribution in [3.63, 3.8) is 0 Å². The zero-order chi connectivity index (χ0) is 14.4. The van der Waals surface area contributed by atoms with Crippen molar-refractivity contribution in [2.45, 2.75) is 98.3 Å². The summed E-state index contributed by atoms with van der Waals surface area (Å²) in [7, 11) is 0. The molecule has 0 N–H and O–H groups in total. The van der Waals surface area contributed by atoms with Crippen molar-refractivity contribution in [1.82, 2.24) is 0 Å². The fourth-order valence-corrected chi connectivity index (χ4v) is 2.30. The summed E-state index contributed by atoms with van der Waals surface area (Å²) in [6.07, 6.45) is 14.9. The highest BCUT2D eigenvalue weighted by Crippen LogP contribution is 2.22. The third-order valence-electron chi connectivity index (χ3n) is 3.61. The van der Waals surface area contributed by atoms with Crippen LogP contribution in [0.1, 0.15) is 98.3 Å². The Balaban J connectivity index is 2.99. The van der Waals surface area contributed by atoms with Crippen molar-refractivity contribution in [1.29, 1.82) is 0 Å². The maximum absolute atomic E-state index is 5.62. The van der Waals surface area contributed by atoms with Crippen LogP contribution in [0.5, 0.6) is 0 Å². The van der Waals surface area contributed by atoms with Crippen LogP contribution in [0, 0.1) is 5.41 Å². The monoisotopic (exact) mass is 270 g/mol. The van der Waals surface area contributed by atoms with E-state index in [-0.39, 0.29) is 0 Å². The van der Waals surface area contributed by atoms with Gasteiger partial charge in [0.15, 0.2) is 0 Å². The smallest absolute Gasteiger partial charge is 0.0466 e. The highest BCUT2D eigenvalue weighted by atomic mass is 16.5. The summed E-state index contributed by atoms with van der Waals surface area (Å²) in [5.74, 6) is 0. The topological polar surface area (TPSA) is 9.23 Å². The first-order chi connectivity index (χ1) is 9.06. The molecule has 0 saturated heterocycles. The molecule has 0 amide bonds. The molecule has 1 nitrogen and oxygen atoms in total. The molecular formula is C18H38O. The Morgan fingerprint density at radius 2 is 1.11 bits per heavy atom. The van der Waals surface area contributed by atoms with Gasteiger partial charge in [-0.25, -0.2) is 0 Å². The van der Waals surface area contributed by atoms with Crippen LogP contribution in [0.25, 0.3) is 0 Å². The lowest BCUT2D eigenvalue weighted by atomic mass is 9.89. The molecule has 0 atom stereocenters. The number of unbranched alkanes of at least 4 members (excludes halogenated alkanes) is 8. The Morgan fingerprint density at radius 1 is 0.632 bits per heavy atom. The van der Waals surface area contributed by atoms with Crippen molar-refractivity contribution in [2.75, 3.05) is 13.2 Å². The minimum absolute atomic E-state index is 0.523. The lowest BCUT2D eigenvalue weighted by molar-refractivity contribution is 0.126. The van der Waals surface area contributed by atoms with Crippen molar-refractivity contribution in [3.05, 3.63) is 0 Å². The largest absolute Gasteiger partial charge is 0.381 e. The normalized spacial score (nSPS) is 12.0. The molecule has 0 fully saturated rings. The van der Waals surface area contributed by atoms with Gasteiger partial charge in [0.1, 0.15) is 0 Å². The highest BCUT2D eigenvalue weighted by molar-refractivity contribution is 4.61. The van der Waals surface area contributed by atoms with E-state index >= 15 is 0 Å². The van der Waals surface area contributed by atoms with Crippen molar-refractivity contribution in [2.24, 2.45) is 5.41 Å². The summed E-state index contributed by atoms with van der Waals surface area (Å²) >= 11 is 0. The van der Waals surface area contributed by atoms with Crippen LogP contribution in [0.3, 0.4) is 0 Å². The van der Waals surface area contributed by atoms with Gasteiger partial charge in [-0.3, -0.25) is 0 Å². The van der Waals surface area contributed by atoms with Crippen LogP contribution in [-0.4, -0.2) is 13.2 Å². The second-order valence-electron chi connectivity index (χ2n) is 7.11. The molecule has 0 spiro atoms. The van der Waals surface area contributed by atoms with Gasteiger partial charge in [-0.2, -0.15) is 0 Å². The third kappa shape index (κ3) is 18.0. The molecule has 0 aromatic carbocycles. The van der Waals surface area contributed by atoms with Gasteiger partial charge in [-0.1, -0.05) is 79.1 Å². The van der Waals surface area contributed by atoms with E-state index in [0.717, 1.165) is 13.2 Å². The van der Waals surface area contributed by atoms with E-state index in [1.165, 1.54) is 70.6 Å². The van der Waals surface area contributed by atoms with E-state index in [9.17, 15) is 0 Å². The summed E-state index contributed by atoms with van der Waals surface area (Å²) in [6.45, 7) is 11.2. The molecule has 116 valence electrons. The molecule has 0 rings (SSSR count). The first kappa shape index (κ1) is 19.0. The molecule has 0 aliphatic rings. The summed E-state index contributed by atoms with van der Waals surface area (Å²) in [5.41, 5.74) is 0.523. The van der Waals surface area contributed by atoms with Gasteiger partial charge in [0.25, 0.3) is 0 Å². The predicted octanol–water partition coefficient (Wildman–Crippen LogP) is 6.36. The Morgan fingerprint density at radius 3 is 1.63 bits per heavy atom. The third-order valence-corrected chi connectivity index (χ3v) is 3.61. The Labute approximate surface area is 122 Å². The number of ether oxygens (including phenoxy) is 1. The Hall–Kier alpha value is -0.0400. The highest BCUT2D eigenvalue weighted by Gasteiger charge is 2.08. The average Bonchev–Trinajstić information content (AvgIpc) is 2.34. The van der Waals surface area contributed by atoms with Gasteiger partial charge in [0.05, 0.1) is 0 Å². The molecule has 1 heteroatoms. The molecule has 0 saturated carbocycles. The van der Waals surface area contributed by atoms with Crippen LogP contribution in [0.2, 0.25) is 0 Å². The fraction of sp³-hybridized carbons (Fsp3) is 1.00. The van der Waals surface area contributed by atoms with E-state index in [0.29, 0.717) is 5.41 Å². The molecule has 0 bridgehead atoms. The van der Waals surface area contributed by atoms with E-state index in [4.69, 9.17) is 4.74 Å². The van der Waals surface area contributed by atoms with Gasteiger partial charge < -0.3 is 4.74 Å². The molecule has 0 radical (unpaired) electrons. The molecule has 0 aromatic rings. The zero-order valence-corrected chi connectivity index (χ0v) is 14.1. The van der Waals surface area contributed by atoms with Crippen molar-refractivity contribution < 1.29 is 4.74 Å². The van der Waals surface area contributed by atoms with Crippen LogP contribution in [-0.2, 0) is 4.74 Å². The summed E-state index contributed by atoms with van der Waals surface area (Å²) in [6, 6.07) is 0. The molecule has 0 unspecified atom stereocenters. The lowest BCUT2D eigenvalue weighted by Gasteiger charge is -2.17. The first-order valence-corrected chi connectivity index (χ1v) is 8.64. The van der Waals surface area contributed by atoms with Crippen molar-refractivity contribution >= 4 is 0 Å². The number of rotatable bonds is 13. The van der Waals surface area contributed by atoms with Gasteiger partial charge in [-0.05, 0) is 24.7 Å².